The molecular formula is C22H27N3O2. The molecule has 4 rings (SSSR count). The highest BCUT2D eigenvalue weighted by molar-refractivity contribution is 6.03. The van der Waals surface area contributed by atoms with Crippen LogP contribution >= 0.6 is 0 Å². The number of hydrogen-bond donors (Lipinski definition) is 0. The molecular weight excluding hydrogens is 338 g/mol. The molecule has 2 heterocycles. The maximum atomic E-state index is 13.0. The molecule has 0 saturated heterocycles. The molecule has 2 aromatic rings. The number of aromatic nitrogens is 1. The maximum absolute atomic E-state index is 13.0. The molecule has 0 N–H and O–H groups in total. The first-order valence-corrected chi connectivity index (χ1v) is 9.73. The lowest BCUT2D eigenvalue weighted by Crippen LogP contribution is -2.47. The standard InChI is InChI=1S/C22H27N3O2/c1-5-24(6-2)22(27)16-10-18-17-8-7-9-19-21(17)15(13-25(19)14(3)26)11-20(18)23(4)12-16/h7-10,13,16,20H,5-6,11-12H2,1-4H3/t16-,20-/m1/s1/i13D. The maximum Gasteiger partial charge on any atom is 0.230 e. The van der Waals surface area contributed by atoms with Crippen LogP contribution < -0.4 is 0 Å². The molecule has 1 aromatic carbocycles. The Kier molecular flexibility index (Phi) is 4.12. The van der Waals surface area contributed by atoms with Gasteiger partial charge in [0.2, 0.25) is 11.8 Å². The van der Waals surface area contributed by atoms with Crippen molar-refractivity contribution in [3.63, 3.8) is 0 Å². The van der Waals surface area contributed by atoms with Crippen molar-refractivity contribution in [3.05, 3.63) is 41.6 Å². The van der Waals surface area contributed by atoms with Gasteiger partial charge in [0.15, 0.2) is 0 Å². The van der Waals surface area contributed by atoms with Gasteiger partial charge in [0, 0.05) is 44.2 Å². The van der Waals surface area contributed by atoms with Crippen molar-refractivity contribution in [1.82, 2.24) is 14.4 Å². The molecule has 1 aromatic heterocycles. The molecule has 0 bridgehead atoms. The van der Waals surface area contributed by atoms with Gasteiger partial charge in [-0.1, -0.05) is 18.2 Å². The highest BCUT2D eigenvalue weighted by atomic mass is 16.2. The van der Waals surface area contributed by atoms with Gasteiger partial charge in [0.1, 0.15) is 0 Å². The van der Waals surface area contributed by atoms with Crippen LogP contribution in [0.1, 0.15) is 38.1 Å². The Morgan fingerprint density at radius 2 is 2.04 bits per heavy atom. The van der Waals surface area contributed by atoms with E-state index >= 15 is 0 Å². The summed E-state index contributed by atoms with van der Waals surface area (Å²) in [6.07, 6.45) is 3.13. The zero-order valence-corrected chi connectivity index (χ0v) is 16.5. The summed E-state index contributed by atoms with van der Waals surface area (Å²) < 4.78 is 10.1. The van der Waals surface area contributed by atoms with Gasteiger partial charge in [0.05, 0.1) is 12.8 Å². The van der Waals surface area contributed by atoms with Crippen LogP contribution in [0.4, 0.5) is 0 Å². The van der Waals surface area contributed by atoms with Crippen LogP contribution in [-0.4, -0.2) is 58.9 Å². The van der Waals surface area contributed by atoms with Crippen molar-refractivity contribution in [2.45, 2.75) is 33.2 Å². The number of fused-ring (bicyclic) bond motifs is 2. The number of carbonyl (C=O) groups is 2. The Bertz CT molecular complexity index is 1000. The second-order valence-electron chi connectivity index (χ2n) is 7.54. The van der Waals surface area contributed by atoms with Gasteiger partial charge in [-0.05, 0) is 50.1 Å². The minimum Gasteiger partial charge on any atom is -0.343 e. The van der Waals surface area contributed by atoms with Crippen molar-refractivity contribution >= 4 is 28.3 Å². The highest BCUT2D eigenvalue weighted by Gasteiger charge is 2.37. The Morgan fingerprint density at radius 1 is 1.30 bits per heavy atom. The predicted octanol–water partition coefficient (Wildman–Crippen LogP) is 3.04. The van der Waals surface area contributed by atoms with Gasteiger partial charge in [0.25, 0.3) is 0 Å². The average Bonchev–Trinajstić information content (AvgIpc) is 2.96. The van der Waals surface area contributed by atoms with E-state index in [4.69, 9.17) is 1.37 Å². The van der Waals surface area contributed by atoms with E-state index in [0.29, 0.717) is 32.2 Å². The summed E-state index contributed by atoms with van der Waals surface area (Å²) in [5, 5.41) is 0.995. The molecule has 5 nitrogen and oxygen atoms in total. The fourth-order valence-corrected chi connectivity index (χ4v) is 4.63. The Balaban J connectivity index is 1.89. The monoisotopic (exact) mass is 366 g/mol. The van der Waals surface area contributed by atoms with Crippen molar-refractivity contribution in [2.24, 2.45) is 5.92 Å². The zero-order valence-electron chi connectivity index (χ0n) is 17.5. The quantitative estimate of drug-likeness (QED) is 0.839. The summed E-state index contributed by atoms with van der Waals surface area (Å²) in [4.78, 5) is 29.3. The van der Waals surface area contributed by atoms with Gasteiger partial charge in [-0.2, -0.15) is 0 Å². The normalized spacial score (nSPS) is 22.2. The number of likely N-dealkylation sites (N-methyl/N-ethyl adjacent to an activating group) is 1. The van der Waals surface area contributed by atoms with Gasteiger partial charge < -0.3 is 4.90 Å². The third-order valence-corrected chi connectivity index (χ3v) is 6.00. The summed E-state index contributed by atoms with van der Waals surface area (Å²) in [5.41, 5.74) is 3.94. The summed E-state index contributed by atoms with van der Waals surface area (Å²) in [6.45, 7) is 7.63. The number of amides is 1. The minimum atomic E-state index is -0.168. The Labute approximate surface area is 161 Å². The smallest absolute Gasteiger partial charge is 0.230 e. The third kappa shape index (κ3) is 2.72. The van der Waals surface area contributed by atoms with Gasteiger partial charge in [-0.15, -0.1) is 0 Å². The van der Waals surface area contributed by atoms with Crippen LogP contribution in [0, 0.1) is 5.92 Å². The van der Waals surface area contributed by atoms with Crippen molar-refractivity contribution in [3.8, 4) is 0 Å². The number of rotatable bonds is 3. The zero-order chi connectivity index (χ0) is 20.2. The SMILES string of the molecule is [2H]c1c2c3c(cccc3n1C(C)=O)C1=C[C@@H](C(=O)N(CC)CC)CN(C)[C@@H]1C2. The molecule has 1 aliphatic heterocycles. The fourth-order valence-electron chi connectivity index (χ4n) is 4.63. The van der Waals surface area contributed by atoms with E-state index in [-0.39, 0.29) is 23.8 Å². The summed E-state index contributed by atoms with van der Waals surface area (Å²) >= 11 is 0. The van der Waals surface area contributed by atoms with E-state index in [9.17, 15) is 9.59 Å². The molecule has 0 fully saturated rings. The molecule has 2 atom stereocenters. The molecule has 0 spiro atoms. The molecule has 1 amide bonds. The number of nitrogens with zero attached hydrogens (tertiary/aromatic N) is 3. The van der Waals surface area contributed by atoms with Crippen molar-refractivity contribution < 1.29 is 11.0 Å². The fraction of sp³-hybridized carbons (Fsp3) is 0.455. The molecule has 1 aliphatic carbocycles. The van der Waals surface area contributed by atoms with Crippen LogP contribution in [-0.2, 0) is 11.2 Å². The summed E-state index contributed by atoms with van der Waals surface area (Å²) in [6, 6.07) is 6.05. The second kappa shape index (κ2) is 6.64. The first-order valence-electron chi connectivity index (χ1n) is 10.2. The molecule has 2 aliphatic rings. The van der Waals surface area contributed by atoms with Crippen LogP contribution in [0.15, 0.2) is 30.4 Å². The largest absolute Gasteiger partial charge is 0.343 e. The molecule has 5 heteroatoms. The third-order valence-electron chi connectivity index (χ3n) is 6.00. The first-order chi connectivity index (χ1) is 13.4. The van der Waals surface area contributed by atoms with E-state index < -0.39 is 0 Å². The Hall–Kier alpha value is -2.40. The first kappa shape index (κ1) is 16.8. The van der Waals surface area contributed by atoms with Crippen LogP contribution in [0.2, 0.25) is 0 Å². The lowest BCUT2D eigenvalue weighted by atomic mass is 9.79. The van der Waals surface area contributed by atoms with E-state index in [2.05, 4.69) is 24.1 Å². The van der Waals surface area contributed by atoms with Gasteiger partial charge >= 0.3 is 0 Å². The van der Waals surface area contributed by atoms with E-state index in [1.807, 2.05) is 30.9 Å². The average molecular weight is 366 g/mol. The van der Waals surface area contributed by atoms with Crippen LogP contribution in [0.3, 0.4) is 0 Å². The minimum absolute atomic E-state index is 0.130. The van der Waals surface area contributed by atoms with Gasteiger partial charge in [-0.3, -0.25) is 19.1 Å². The van der Waals surface area contributed by atoms with E-state index in [0.717, 1.165) is 27.6 Å². The van der Waals surface area contributed by atoms with Crippen LogP contribution in [0.25, 0.3) is 16.5 Å². The van der Waals surface area contributed by atoms with Gasteiger partial charge in [-0.25, -0.2) is 0 Å². The number of benzene rings is 1. The highest BCUT2D eigenvalue weighted by Crippen LogP contribution is 2.41. The molecule has 0 unspecified atom stereocenters. The summed E-state index contributed by atoms with van der Waals surface area (Å²) in [7, 11) is 2.05. The predicted molar refractivity (Wildman–Crippen MR) is 108 cm³/mol. The number of hydrogen-bond acceptors (Lipinski definition) is 3. The Morgan fingerprint density at radius 3 is 2.70 bits per heavy atom. The molecule has 142 valence electrons. The summed E-state index contributed by atoms with van der Waals surface area (Å²) in [5.74, 6) is -0.137. The van der Waals surface area contributed by atoms with E-state index in [1.54, 1.807) is 0 Å². The van der Waals surface area contributed by atoms with Crippen LogP contribution in [0.5, 0.6) is 0 Å². The topological polar surface area (TPSA) is 45.6 Å². The van der Waals surface area contributed by atoms with Crippen molar-refractivity contribution in [1.29, 1.82) is 0 Å². The van der Waals surface area contributed by atoms with E-state index in [1.165, 1.54) is 11.5 Å². The number of carbonyl (C=O) groups excluding carboxylic acids is 2. The van der Waals surface area contributed by atoms with Crippen molar-refractivity contribution in [2.75, 3.05) is 26.7 Å². The molecule has 0 radical (unpaired) electrons. The lowest BCUT2D eigenvalue weighted by Gasteiger charge is -2.40. The molecule has 0 saturated carbocycles. The molecule has 27 heavy (non-hydrogen) atoms. The lowest BCUT2D eigenvalue weighted by molar-refractivity contribution is -0.134. The second-order valence-corrected chi connectivity index (χ2v) is 7.54.